The fourth-order valence-electron chi connectivity index (χ4n) is 1.82. The molecule has 0 aliphatic carbocycles. The van der Waals surface area contributed by atoms with Gasteiger partial charge in [-0.05, 0) is 35.9 Å². The first-order valence-corrected chi connectivity index (χ1v) is 6.71. The zero-order chi connectivity index (χ0) is 15.9. The number of nitrogens with two attached hydrogens (primary N) is 2. The summed E-state index contributed by atoms with van der Waals surface area (Å²) in [6.45, 7) is 0.109. The lowest BCUT2D eigenvalue weighted by molar-refractivity contribution is -0.138. The Morgan fingerprint density at radius 3 is 2.50 bits per heavy atom. The summed E-state index contributed by atoms with van der Waals surface area (Å²) in [5, 5.41) is 0. The van der Waals surface area contributed by atoms with Crippen molar-refractivity contribution < 1.29 is 14.3 Å². The van der Waals surface area contributed by atoms with Crippen LogP contribution in [0.3, 0.4) is 0 Å². The molecule has 114 valence electrons. The average molecular weight is 298 g/mol. The molecular weight excluding hydrogens is 280 g/mol. The van der Waals surface area contributed by atoms with E-state index in [1.54, 1.807) is 31.4 Å². The zero-order valence-corrected chi connectivity index (χ0v) is 12.3. The number of hydrogen-bond acceptors (Lipinski definition) is 5. The van der Waals surface area contributed by atoms with Crippen molar-refractivity contribution in [3.63, 3.8) is 0 Å². The number of methoxy groups -OCH3 is 1. The highest BCUT2D eigenvalue weighted by Gasteiger charge is 2.03. The summed E-state index contributed by atoms with van der Waals surface area (Å²) in [7, 11) is 1.60. The van der Waals surface area contributed by atoms with Crippen molar-refractivity contribution in [3.8, 4) is 5.75 Å². The minimum Gasteiger partial charge on any atom is -0.497 e. The van der Waals surface area contributed by atoms with Gasteiger partial charge in [-0.2, -0.15) is 0 Å². The van der Waals surface area contributed by atoms with Crippen LogP contribution < -0.4 is 16.2 Å². The van der Waals surface area contributed by atoms with Crippen LogP contribution in [0.15, 0.2) is 48.5 Å². The van der Waals surface area contributed by atoms with Crippen LogP contribution in [0.4, 0.5) is 11.4 Å². The Morgan fingerprint density at radius 1 is 1.14 bits per heavy atom. The lowest BCUT2D eigenvalue weighted by atomic mass is 10.2. The van der Waals surface area contributed by atoms with Crippen molar-refractivity contribution in [2.24, 2.45) is 0 Å². The second kappa shape index (κ2) is 7.17. The summed E-state index contributed by atoms with van der Waals surface area (Å²) in [4.78, 5) is 11.7. The quantitative estimate of drug-likeness (QED) is 0.503. The number of hydrogen-bond donors (Lipinski definition) is 2. The molecule has 0 spiro atoms. The van der Waals surface area contributed by atoms with E-state index in [1.165, 1.54) is 6.08 Å². The lowest BCUT2D eigenvalue weighted by Gasteiger charge is -2.06. The van der Waals surface area contributed by atoms with Crippen molar-refractivity contribution in [3.05, 3.63) is 59.7 Å². The van der Waals surface area contributed by atoms with Crippen LogP contribution in [0.1, 0.15) is 11.1 Å². The Hall–Kier alpha value is -2.95. The number of anilines is 2. The molecule has 0 heterocycles. The molecule has 0 aromatic heterocycles. The first-order chi connectivity index (χ1) is 10.6. The van der Waals surface area contributed by atoms with Gasteiger partial charge in [-0.25, -0.2) is 4.79 Å². The summed E-state index contributed by atoms with van der Waals surface area (Å²) in [5.41, 5.74) is 14.1. The molecule has 2 aromatic carbocycles. The molecule has 2 aromatic rings. The van der Waals surface area contributed by atoms with E-state index in [-0.39, 0.29) is 6.61 Å². The fraction of sp³-hybridized carbons (Fsp3) is 0.118. The van der Waals surface area contributed by atoms with E-state index < -0.39 is 5.97 Å². The smallest absolute Gasteiger partial charge is 0.331 e. The third-order valence-corrected chi connectivity index (χ3v) is 3.07. The van der Waals surface area contributed by atoms with Crippen LogP contribution in [-0.4, -0.2) is 13.1 Å². The Balaban J connectivity index is 1.90. The van der Waals surface area contributed by atoms with Crippen LogP contribution in [0, 0.1) is 0 Å². The van der Waals surface area contributed by atoms with Crippen molar-refractivity contribution in [1.29, 1.82) is 0 Å². The first-order valence-electron chi connectivity index (χ1n) is 6.71. The Morgan fingerprint density at radius 2 is 1.86 bits per heavy atom. The number of carbonyl (C=O) groups is 1. The summed E-state index contributed by atoms with van der Waals surface area (Å²) in [6.07, 6.45) is 3.05. The van der Waals surface area contributed by atoms with Gasteiger partial charge in [0.05, 0.1) is 7.11 Å². The molecule has 0 saturated carbocycles. The first kappa shape index (κ1) is 15.4. The van der Waals surface area contributed by atoms with Crippen molar-refractivity contribution in [2.75, 3.05) is 18.6 Å². The molecule has 0 radical (unpaired) electrons. The summed E-state index contributed by atoms with van der Waals surface area (Å²) in [6, 6.07) is 12.4. The lowest BCUT2D eigenvalue weighted by Crippen LogP contribution is -2.03. The molecule has 0 atom stereocenters. The molecule has 0 unspecified atom stereocenters. The molecule has 0 amide bonds. The molecule has 22 heavy (non-hydrogen) atoms. The van der Waals surface area contributed by atoms with E-state index in [4.69, 9.17) is 20.9 Å². The standard InChI is InChI=1S/C17H18N2O3/c1-21-15-7-2-12(3-8-15)4-9-17(20)22-11-13-5-6-14(18)10-16(13)19/h2-10H,11,18-19H2,1H3. The largest absolute Gasteiger partial charge is 0.497 e. The van der Waals surface area contributed by atoms with Crippen LogP contribution in [0.2, 0.25) is 0 Å². The fourth-order valence-corrected chi connectivity index (χ4v) is 1.82. The Kier molecular flexibility index (Phi) is 5.03. The van der Waals surface area contributed by atoms with Gasteiger partial charge in [0.1, 0.15) is 12.4 Å². The zero-order valence-electron chi connectivity index (χ0n) is 12.3. The molecule has 2 rings (SSSR count). The van der Waals surface area contributed by atoms with Gasteiger partial charge in [0.2, 0.25) is 0 Å². The van der Waals surface area contributed by atoms with E-state index >= 15 is 0 Å². The number of benzene rings is 2. The van der Waals surface area contributed by atoms with Gasteiger partial charge in [-0.3, -0.25) is 0 Å². The normalized spacial score (nSPS) is 10.6. The van der Waals surface area contributed by atoms with Gasteiger partial charge in [-0.15, -0.1) is 0 Å². The molecule has 0 aliphatic heterocycles. The van der Waals surface area contributed by atoms with E-state index in [0.29, 0.717) is 11.4 Å². The Labute approximate surface area is 129 Å². The van der Waals surface area contributed by atoms with Crippen LogP contribution in [0.5, 0.6) is 5.75 Å². The SMILES string of the molecule is COc1ccc(C=CC(=O)OCc2ccc(N)cc2N)cc1. The number of ether oxygens (including phenoxy) is 2. The van der Waals surface area contributed by atoms with Gasteiger partial charge >= 0.3 is 5.97 Å². The van der Waals surface area contributed by atoms with Crippen LogP contribution in [0.25, 0.3) is 6.08 Å². The highest BCUT2D eigenvalue weighted by molar-refractivity contribution is 5.87. The van der Waals surface area contributed by atoms with E-state index in [0.717, 1.165) is 16.9 Å². The monoisotopic (exact) mass is 298 g/mol. The van der Waals surface area contributed by atoms with Crippen molar-refractivity contribution >= 4 is 23.4 Å². The molecule has 0 bridgehead atoms. The topological polar surface area (TPSA) is 87.6 Å². The highest BCUT2D eigenvalue weighted by Crippen LogP contribution is 2.17. The van der Waals surface area contributed by atoms with Gasteiger partial charge in [0.25, 0.3) is 0 Å². The average Bonchev–Trinajstić information content (AvgIpc) is 2.52. The predicted octanol–water partition coefficient (Wildman–Crippen LogP) is 2.62. The van der Waals surface area contributed by atoms with Crippen LogP contribution in [-0.2, 0) is 16.1 Å². The molecule has 5 nitrogen and oxygen atoms in total. The minimum atomic E-state index is -0.438. The third kappa shape index (κ3) is 4.28. The van der Waals surface area contributed by atoms with E-state index in [1.807, 2.05) is 24.3 Å². The maximum absolute atomic E-state index is 11.7. The van der Waals surface area contributed by atoms with Gasteiger partial charge in [0.15, 0.2) is 0 Å². The number of esters is 1. The molecule has 0 saturated heterocycles. The Bertz CT molecular complexity index is 679. The second-order valence-corrected chi connectivity index (χ2v) is 4.67. The molecule has 0 aliphatic rings. The van der Waals surface area contributed by atoms with E-state index in [9.17, 15) is 4.79 Å². The van der Waals surface area contributed by atoms with Gasteiger partial charge in [-0.1, -0.05) is 18.2 Å². The minimum absolute atomic E-state index is 0.109. The summed E-state index contributed by atoms with van der Waals surface area (Å²) < 4.78 is 10.2. The third-order valence-electron chi connectivity index (χ3n) is 3.07. The van der Waals surface area contributed by atoms with Crippen molar-refractivity contribution in [2.45, 2.75) is 6.61 Å². The van der Waals surface area contributed by atoms with Crippen molar-refractivity contribution in [1.82, 2.24) is 0 Å². The highest BCUT2D eigenvalue weighted by atomic mass is 16.5. The predicted molar refractivity (Wildman–Crippen MR) is 87.1 cm³/mol. The number of nitrogen functional groups attached to an aromatic ring is 2. The maximum atomic E-state index is 11.7. The molecule has 5 heteroatoms. The second-order valence-electron chi connectivity index (χ2n) is 4.67. The molecular formula is C17H18N2O3. The molecule has 4 N–H and O–H groups in total. The van der Waals surface area contributed by atoms with Crippen LogP contribution >= 0.6 is 0 Å². The molecule has 0 fully saturated rings. The summed E-state index contributed by atoms with van der Waals surface area (Å²) >= 11 is 0. The van der Waals surface area contributed by atoms with E-state index in [2.05, 4.69) is 0 Å². The summed E-state index contributed by atoms with van der Waals surface area (Å²) in [5.74, 6) is 0.325. The van der Waals surface area contributed by atoms with Gasteiger partial charge in [0, 0.05) is 23.0 Å². The number of carbonyl (C=O) groups excluding carboxylic acids is 1. The number of rotatable bonds is 5. The van der Waals surface area contributed by atoms with Gasteiger partial charge < -0.3 is 20.9 Å². The maximum Gasteiger partial charge on any atom is 0.331 e.